The van der Waals surface area contributed by atoms with Crippen molar-refractivity contribution in [2.75, 3.05) is 6.54 Å². The molecule has 2 heterocycles. The first-order chi connectivity index (χ1) is 12.2. The lowest BCUT2D eigenvalue weighted by Gasteiger charge is -2.31. The van der Waals surface area contributed by atoms with Gasteiger partial charge < -0.3 is 5.32 Å². The minimum atomic E-state index is -0.674. The molecule has 0 saturated heterocycles. The fourth-order valence-electron chi connectivity index (χ4n) is 3.11. The van der Waals surface area contributed by atoms with Gasteiger partial charge in [-0.1, -0.05) is 24.3 Å². The predicted octanol–water partition coefficient (Wildman–Crippen LogP) is 3.65. The number of aromatic nitrogens is 1. The van der Waals surface area contributed by atoms with Crippen LogP contribution in [-0.4, -0.2) is 17.4 Å². The van der Waals surface area contributed by atoms with E-state index in [2.05, 4.69) is 15.3 Å². The van der Waals surface area contributed by atoms with Gasteiger partial charge in [-0.15, -0.1) is 0 Å². The minimum Gasteiger partial charge on any atom is -0.355 e. The Kier molecular flexibility index (Phi) is 3.76. The number of hydrogen-bond donors (Lipinski definition) is 1. The van der Waals surface area contributed by atoms with E-state index in [4.69, 9.17) is 0 Å². The third-order valence-electron chi connectivity index (χ3n) is 4.42. The molecular formula is C20H15F2N3. The second-order valence-electron chi connectivity index (χ2n) is 5.95. The van der Waals surface area contributed by atoms with Crippen LogP contribution in [0.1, 0.15) is 16.7 Å². The second-order valence-corrected chi connectivity index (χ2v) is 5.95. The highest BCUT2D eigenvalue weighted by Gasteiger charge is 2.39. The number of pyridine rings is 1. The molecule has 1 aliphatic rings. The Hall–Kier alpha value is -3.08. The summed E-state index contributed by atoms with van der Waals surface area (Å²) in [4.78, 5) is 8.76. The number of aliphatic imine (C=N–C) groups is 1. The van der Waals surface area contributed by atoms with Gasteiger partial charge in [0, 0.05) is 18.0 Å². The maximum absolute atomic E-state index is 13.4. The van der Waals surface area contributed by atoms with E-state index in [1.165, 1.54) is 24.3 Å². The van der Waals surface area contributed by atoms with Crippen LogP contribution in [0.25, 0.3) is 0 Å². The number of benzene rings is 2. The van der Waals surface area contributed by atoms with Crippen LogP contribution in [0.2, 0.25) is 0 Å². The Morgan fingerprint density at radius 3 is 1.96 bits per heavy atom. The van der Waals surface area contributed by atoms with Gasteiger partial charge in [0.05, 0.1) is 6.54 Å². The van der Waals surface area contributed by atoms with Crippen molar-refractivity contribution >= 4 is 5.84 Å². The molecule has 0 amide bonds. The highest BCUT2D eigenvalue weighted by atomic mass is 19.1. The molecule has 0 atom stereocenters. The van der Waals surface area contributed by atoms with Gasteiger partial charge in [0.15, 0.2) is 0 Å². The van der Waals surface area contributed by atoms with Crippen molar-refractivity contribution in [2.24, 2.45) is 4.99 Å². The summed E-state index contributed by atoms with van der Waals surface area (Å²) >= 11 is 0. The predicted molar refractivity (Wildman–Crippen MR) is 92.4 cm³/mol. The molecule has 2 aromatic carbocycles. The average molecular weight is 335 g/mol. The molecule has 1 aromatic heterocycles. The SMILES string of the molecule is Fc1ccc(C2(c3ccc(F)cc3)CN=C(c3cccnc3)N2)cc1. The first-order valence-corrected chi connectivity index (χ1v) is 7.92. The molecule has 1 N–H and O–H groups in total. The van der Waals surface area contributed by atoms with Crippen LogP contribution in [0.3, 0.4) is 0 Å². The lowest BCUT2D eigenvalue weighted by atomic mass is 9.83. The summed E-state index contributed by atoms with van der Waals surface area (Å²) < 4.78 is 26.8. The van der Waals surface area contributed by atoms with Crippen LogP contribution in [0.4, 0.5) is 8.78 Å². The van der Waals surface area contributed by atoms with Gasteiger partial charge in [0.25, 0.3) is 0 Å². The van der Waals surface area contributed by atoms with E-state index in [0.29, 0.717) is 12.4 Å². The van der Waals surface area contributed by atoms with Gasteiger partial charge in [0.1, 0.15) is 23.0 Å². The Balaban J connectivity index is 1.79. The summed E-state index contributed by atoms with van der Waals surface area (Å²) in [6, 6.07) is 16.4. The first-order valence-electron chi connectivity index (χ1n) is 7.92. The van der Waals surface area contributed by atoms with Crippen LogP contribution < -0.4 is 5.32 Å². The lowest BCUT2D eigenvalue weighted by Crippen LogP contribution is -2.44. The molecule has 0 aliphatic carbocycles. The highest BCUT2D eigenvalue weighted by molar-refractivity contribution is 6.00. The van der Waals surface area contributed by atoms with E-state index < -0.39 is 5.54 Å². The molecule has 0 radical (unpaired) electrons. The van der Waals surface area contributed by atoms with Gasteiger partial charge in [0.2, 0.25) is 0 Å². The maximum Gasteiger partial charge on any atom is 0.130 e. The van der Waals surface area contributed by atoms with E-state index in [1.807, 2.05) is 12.1 Å². The number of nitrogens with zero attached hydrogens (tertiary/aromatic N) is 2. The third kappa shape index (κ3) is 2.78. The normalized spacial score (nSPS) is 15.5. The van der Waals surface area contributed by atoms with Crippen molar-refractivity contribution in [3.8, 4) is 0 Å². The molecule has 0 unspecified atom stereocenters. The summed E-state index contributed by atoms with van der Waals surface area (Å²) in [5.74, 6) is 0.107. The van der Waals surface area contributed by atoms with Crippen LogP contribution in [0.15, 0.2) is 78.0 Å². The summed E-state index contributed by atoms with van der Waals surface area (Å²) in [5.41, 5.74) is 1.92. The number of amidine groups is 1. The van der Waals surface area contributed by atoms with Crippen LogP contribution in [-0.2, 0) is 5.54 Å². The summed E-state index contributed by atoms with van der Waals surface area (Å²) in [5, 5.41) is 3.46. The molecule has 124 valence electrons. The van der Waals surface area contributed by atoms with Crippen molar-refractivity contribution in [1.82, 2.24) is 10.3 Å². The van der Waals surface area contributed by atoms with Crippen molar-refractivity contribution in [1.29, 1.82) is 0 Å². The molecular weight excluding hydrogens is 320 g/mol. The Bertz CT molecular complexity index is 858. The van der Waals surface area contributed by atoms with Crippen LogP contribution >= 0.6 is 0 Å². The molecule has 0 fully saturated rings. The van der Waals surface area contributed by atoms with Crippen molar-refractivity contribution < 1.29 is 8.78 Å². The van der Waals surface area contributed by atoms with Crippen molar-refractivity contribution in [3.05, 3.63) is 101 Å². The smallest absolute Gasteiger partial charge is 0.130 e. The van der Waals surface area contributed by atoms with E-state index in [-0.39, 0.29) is 11.6 Å². The molecule has 0 spiro atoms. The number of halogens is 2. The summed E-state index contributed by atoms with van der Waals surface area (Å²) in [6.45, 7) is 0.425. The van der Waals surface area contributed by atoms with E-state index in [9.17, 15) is 8.78 Å². The quantitative estimate of drug-likeness (QED) is 0.793. The standard InChI is InChI=1S/C20H15F2N3/c21-17-7-3-15(4-8-17)20(16-5-9-18(22)10-6-16)13-24-19(25-20)14-2-1-11-23-12-14/h1-12H,13H2,(H,24,25). The molecule has 0 saturated carbocycles. The molecule has 1 aliphatic heterocycles. The zero-order chi connectivity index (χ0) is 17.3. The van der Waals surface area contributed by atoms with Crippen LogP contribution in [0.5, 0.6) is 0 Å². The zero-order valence-electron chi connectivity index (χ0n) is 13.3. The maximum atomic E-state index is 13.4. The lowest BCUT2D eigenvalue weighted by molar-refractivity contribution is 0.520. The van der Waals surface area contributed by atoms with Crippen molar-refractivity contribution in [3.63, 3.8) is 0 Å². The second kappa shape index (κ2) is 6.09. The van der Waals surface area contributed by atoms with Gasteiger partial charge in [-0.2, -0.15) is 0 Å². The topological polar surface area (TPSA) is 37.3 Å². The van der Waals surface area contributed by atoms with Crippen LogP contribution in [0, 0.1) is 11.6 Å². The molecule has 5 heteroatoms. The Morgan fingerprint density at radius 1 is 0.840 bits per heavy atom. The zero-order valence-corrected chi connectivity index (χ0v) is 13.3. The summed E-state index contributed by atoms with van der Waals surface area (Å²) in [7, 11) is 0. The summed E-state index contributed by atoms with van der Waals surface area (Å²) in [6.07, 6.45) is 3.43. The Labute approximate surface area is 144 Å². The van der Waals surface area contributed by atoms with E-state index in [0.717, 1.165) is 16.7 Å². The first kappa shape index (κ1) is 15.4. The number of nitrogens with one attached hydrogen (secondary N) is 1. The Morgan fingerprint density at radius 2 is 1.44 bits per heavy atom. The average Bonchev–Trinajstić information content (AvgIpc) is 3.10. The van der Waals surface area contributed by atoms with Crippen molar-refractivity contribution in [2.45, 2.75) is 5.54 Å². The minimum absolute atomic E-state index is 0.301. The number of rotatable bonds is 3. The molecule has 25 heavy (non-hydrogen) atoms. The van der Waals surface area contributed by atoms with E-state index in [1.54, 1.807) is 36.7 Å². The van der Waals surface area contributed by atoms with Gasteiger partial charge in [-0.3, -0.25) is 9.98 Å². The van der Waals surface area contributed by atoms with Gasteiger partial charge >= 0.3 is 0 Å². The van der Waals surface area contributed by atoms with Gasteiger partial charge in [-0.05, 0) is 47.5 Å². The molecule has 0 bridgehead atoms. The molecule has 4 rings (SSSR count). The number of hydrogen-bond acceptors (Lipinski definition) is 3. The highest BCUT2D eigenvalue weighted by Crippen LogP contribution is 2.34. The van der Waals surface area contributed by atoms with Gasteiger partial charge in [-0.25, -0.2) is 8.78 Å². The molecule has 3 aromatic rings. The monoisotopic (exact) mass is 335 g/mol. The third-order valence-corrected chi connectivity index (χ3v) is 4.42. The largest absolute Gasteiger partial charge is 0.355 e. The van der Waals surface area contributed by atoms with E-state index >= 15 is 0 Å². The molecule has 3 nitrogen and oxygen atoms in total. The fraction of sp³-hybridized carbons (Fsp3) is 0.100. The fourth-order valence-corrected chi connectivity index (χ4v) is 3.11.